The molecule has 4 aromatic rings. The smallest absolute Gasteiger partial charge is 0.336 e. The molecule has 2 aromatic heterocycles. The molecule has 0 aliphatic rings. The third kappa shape index (κ3) is 3.76. The molecule has 0 unspecified atom stereocenters. The van der Waals surface area contributed by atoms with E-state index in [1.54, 1.807) is 6.07 Å². The van der Waals surface area contributed by atoms with Gasteiger partial charge in [-0.05, 0) is 24.1 Å². The number of fused-ring (bicyclic) bond motifs is 1. The van der Waals surface area contributed by atoms with Crippen molar-refractivity contribution in [3.8, 4) is 5.75 Å². The Balaban J connectivity index is 1.64. The van der Waals surface area contributed by atoms with Gasteiger partial charge in [-0.3, -0.25) is 0 Å². The van der Waals surface area contributed by atoms with Crippen LogP contribution in [-0.4, -0.2) is 19.9 Å². The molecule has 6 nitrogen and oxygen atoms in total. The maximum atomic E-state index is 11.9. The van der Waals surface area contributed by atoms with Gasteiger partial charge in [0, 0.05) is 23.3 Å². The number of nitrogens with zero attached hydrogens (tertiary/aromatic N) is 3. The van der Waals surface area contributed by atoms with E-state index in [0.717, 1.165) is 22.1 Å². The molecule has 142 valence electrons. The molecule has 0 radical (unpaired) electrons. The highest BCUT2D eigenvalue weighted by Gasteiger charge is 2.14. The number of halogens is 1. The van der Waals surface area contributed by atoms with Crippen LogP contribution in [0.25, 0.3) is 11.0 Å². The fourth-order valence-electron chi connectivity index (χ4n) is 2.91. The molecule has 2 heterocycles. The molecular formula is C20H16ClN3O3S. The minimum Gasteiger partial charge on any atom is -0.506 e. The van der Waals surface area contributed by atoms with Crippen molar-refractivity contribution in [2.75, 3.05) is 0 Å². The van der Waals surface area contributed by atoms with E-state index in [1.165, 1.54) is 23.9 Å². The van der Waals surface area contributed by atoms with Gasteiger partial charge in [0.2, 0.25) is 0 Å². The van der Waals surface area contributed by atoms with Crippen molar-refractivity contribution in [3.05, 3.63) is 80.9 Å². The lowest BCUT2D eigenvalue weighted by Gasteiger charge is -2.09. The molecule has 0 saturated carbocycles. The molecule has 0 aliphatic carbocycles. The molecule has 28 heavy (non-hydrogen) atoms. The zero-order chi connectivity index (χ0) is 19.7. The Bertz CT molecular complexity index is 1200. The number of phenolic OH excluding ortho intramolecular Hbond substituents is 1. The SMILES string of the molecule is Cc1nnc(SCc2cc(=O)oc3cc(O)c(Cl)cc23)n1Cc1ccccc1. The largest absolute Gasteiger partial charge is 0.506 e. The first-order valence-electron chi connectivity index (χ1n) is 8.53. The molecular weight excluding hydrogens is 398 g/mol. The molecule has 0 atom stereocenters. The lowest BCUT2D eigenvalue weighted by atomic mass is 10.1. The molecule has 4 rings (SSSR count). The van der Waals surface area contributed by atoms with Crippen molar-refractivity contribution in [1.29, 1.82) is 0 Å². The summed E-state index contributed by atoms with van der Waals surface area (Å²) in [6.45, 7) is 2.58. The van der Waals surface area contributed by atoms with E-state index >= 15 is 0 Å². The highest BCUT2D eigenvalue weighted by atomic mass is 35.5. The Kier molecular flexibility index (Phi) is 5.11. The van der Waals surface area contributed by atoms with Crippen LogP contribution in [0.5, 0.6) is 5.75 Å². The summed E-state index contributed by atoms with van der Waals surface area (Å²) < 4.78 is 7.21. The van der Waals surface area contributed by atoms with Crippen molar-refractivity contribution in [1.82, 2.24) is 14.8 Å². The summed E-state index contributed by atoms with van der Waals surface area (Å²) in [5.41, 5.74) is 1.73. The van der Waals surface area contributed by atoms with Gasteiger partial charge in [-0.15, -0.1) is 10.2 Å². The summed E-state index contributed by atoms with van der Waals surface area (Å²) in [6.07, 6.45) is 0. The number of aromatic nitrogens is 3. The lowest BCUT2D eigenvalue weighted by Crippen LogP contribution is -2.04. The molecule has 1 N–H and O–H groups in total. The van der Waals surface area contributed by atoms with Gasteiger partial charge in [-0.1, -0.05) is 53.7 Å². The van der Waals surface area contributed by atoms with Crippen LogP contribution >= 0.6 is 23.4 Å². The highest BCUT2D eigenvalue weighted by Crippen LogP contribution is 2.32. The number of aryl methyl sites for hydroxylation is 1. The van der Waals surface area contributed by atoms with E-state index in [1.807, 2.05) is 29.7 Å². The summed E-state index contributed by atoms with van der Waals surface area (Å²) in [5, 5.41) is 19.9. The zero-order valence-electron chi connectivity index (χ0n) is 14.9. The Morgan fingerprint density at radius 1 is 1.18 bits per heavy atom. The van der Waals surface area contributed by atoms with Gasteiger partial charge in [0.15, 0.2) is 5.16 Å². The van der Waals surface area contributed by atoms with Crippen LogP contribution in [0.1, 0.15) is 17.0 Å². The normalized spacial score (nSPS) is 11.2. The molecule has 0 bridgehead atoms. The summed E-state index contributed by atoms with van der Waals surface area (Å²) >= 11 is 7.51. The van der Waals surface area contributed by atoms with E-state index in [-0.39, 0.29) is 10.8 Å². The van der Waals surface area contributed by atoms with E-state index in [0.29, 0.717) is 23.3 Å². The second kappa shape index (κ2) is 7.69. The first-order valence-corrected chi connectivity index (χ1v) is 9.89. The standard InChI is InChI=1S/C20H16ClN3O3S/c1-12-22-23-20(24(12)10-13-5-3-2-4-6-13)28-11-14-7-19(26)27-18-9-17(25)16(21)8-15(14)18/h2-9,25H,10-11H2,1H3. The van der Waals surface area contributed by atoms with Crippen LogP contribution in [0.15, 0.2) is 62.9 Å². The Morgan fingerprint density at radius 2 is 1.96 bits per heavy atom. The summed E-state index contributed by atoms with van der Waals surface area (Å²) in [4.78, 5) is 11.9. The average molecular weight is 414 g/mol. The summed E-state index contributed by atoms with van der Waals surface area (Å²) in [5.74, 6) is 1.17. The van der Waals surface area contributed by atoms with Gasteiger partial charge in [-0.25, -0.2) is 4.79 Å². The summed E-state index contributed by atoms with van der Waals surface area (Å²) in [6, 6.07) is 14.5. The van der Waals surface area contributed by atoms with Crippen LogP contribution in [0.4, 0.5) is 0 Å². The second-order valence-corrected chi connectivity index (χ2v) is 7.63. The number of hydrogen-bond acceptors (Lipinski definition) is 6. The van der Waals surface area contributed by atoms with Gasteiger partial charge in [0.25, 0.3) is 0 Å². The molecule has 0 aliphatic heterocycles. The van der Waals surface area contributed by atoms with Crippen molar-refractivity contribution in [3.63, 3.8) is 0 Å². The molecule has 0 saturated heterocycles. The highest BCUT2D eigenvalue weighted by molar-refractivity contribution is 7.98. The van der Waals surface area contributed by atoms with Crippen LogP contribution < -0.4 is 5.63 Å². The van der Waals surface area contributed by atoms with E-state index in [9.17, 15) is 9.90 Å². The minimum absolute atomic E-state index is 0.125. The summed E-state index contributed by atoms with van der Waals surface area (Å²) in [7, 11) is 0. The number of thioether (sulfide) groups is 1. The van der Waals surface area contributed by atoms with Gasteiger partial charge in [0.05, 0.1) is 11.6 Å². The monoisotopic (exact) mass is 413 g/mol. The third-order valence-electron chi connectivity index (χ3n) is 4.34. The van der Waals surface area contributed by atoms with Gasteiger partial charge in [-0.2, -0.15) is 0 Å². The van der Waals surface area contributed by atoms with Crippen LogP contribution in [0.2, 0.25) is 5.02 Å². The van der Waals surface area contributed by atoms with E-state index in [2.05, 4.69) is 22.3 Å². The minimum atomic E-state index is -0.480. The topological polar surface area (TPSA) is 81.2 Å². The molecule has 8 heteroatoms. The molecule has 2 aromatic carbocycles. The predicted molar refractivity (Wildman–Crippen MR) is 109 cm³/mol. The van der Waals surface area contributed by atoms with Gasteiger partial charge >= 0.3 is 5.63 Å². The second-order valence-electron chi connectivity index (χ2n) is 6.28. The number of hydrogen-bond donors (Lipinski definition) is 1. The first-order chi connectivity index (χ1) is 13.5. The van der Waals surface area contributed by atoms with Crippen molar-refractivity contribution in [2.24, 2.45) is 0 Å². The van der Waals surface area contributed by atoms with Crippen molar-refractivity contribution in [2.45, 2.75) is 24.4 Å². The van der Waals surface area contributed by atoms with Crippen LogP contribution in [-0.2, 0) is 12.3 Å². The van der Waals surface area contributed by atoms with E-state index < -0.39 is 5.63 Å². The maximum absolute atomic E-state index is 11.9. The fourth-order valence-corrected chi connectivity index (χ4v) is 4.05. The van der Waals surface area contributed by atoms with Gasteiger partial charge < -0.3 is 14.1 Å². The van der Waals surface area contributed by atoms with Crippen molar-refractivity contribution >= 4 is 34.3 Å². The van der Waals surface area contributed by atoms with Crippen LogP contribution in [0, 0.1) is 6.92 Å². The molecule has 0 amide bonds. The Labute approximate surface area is 169 Å². The molecule has 0 spiro atoms. The Morgan fingerprint density at radius 3 is 2.75 bits per heavy atom. The molecule has 0 fully saturated rings. The number of rotatable bonds is 5. The van der Waals surface area contributed by atoms with Crippen LogP contribution in [0.3, 0.4) is 0 Å². The number of benzene rings is 2. The maximum Gasteiger partial charge on any atom is 0.336 e. The zero-order valence-corrected chi connectivity index (χ0v) is 16.5. The number of aromatic hydroxyl groups is 1. The first kappa shape index (κ1) is 18.6. The third-order valence-corrected chi connectivity index (χ3v) is 5.66. The fraction of sp³-hybridized carbons (Fsp3) is 0.150. The van der Waals surface area contributed by atoms with Crippen molar-refractivity contribution < 1.29 is 9.52 Å². The quantitative estimate of drug-likeness (QED) is 0.386. The number of phenols is 1. The lowest BCUT2D eigenvalue weighted by molar-refractivity contribution is 0.473. The Hall–Kier alpha value is -2.77. The van der Waals surface area contributed by atoms with E-state index in [4.69, 9.17) is 16.0 Å². The average Bonchev–Trinajstić information content (AvgIpc) is 3.02. The van der Waals surface area contributed by atoms with Gasteiger partial charge in [0.1, 0.15) is 17.2 Å². The predicted octanol–water partition coefficient (Wildman–Crippen LogP) is 4.39.